The Labute approximate surface area is 195 Å². The molecule has 3 rings (SSSR count). The van der Waals surface area contributed by atoms with Gasteiger partial charge in [-0.15, -0.1) is 0 Å². The summed E-state index contributed by atoms with van der Waals surface area (Å²) in [7, 11) is -3.60. The number of nitrogens with one attached hydrogen (secondary N) is 1. The van der Waals surface area contributed by atoms with Gasteiger partial charge < -0.3 is 0 Å². The Hall–Kier alpha value is -3.66. The lowest BCUT2D eigenvalue weighted by molar-refractivity contribution is -0.137. The number of hydrogen-bond donors (Lipinski definition) is 1. The number of amides is 1. The van der Waals surface area contributed by atoms with Crippen molar-refractivity contribution in [1.29, 1.82) is 0 Å². The van der Waals surface area contributed by atoms with Gasteiger partial charge in [-0.2, -0.15) is 18.3 Å². The molecule has 0 bridgehead atoms. The first-order valence-corrected chi connectivity index (χ1v) is 11.9. The topological polar surface area (TPSA) is 78.8 Å². The van der Waals surface area contributed by atoms with Crippen molar-refractivity contribution in [3.8, 4) is 0 Å². The molecular weight excluding hydrogens is 467 g/mol. The number of anilines is 1. The first kappa shape index (κ1) is 25.0. The summed E-state index contributed by atoms with van der Waals surface area (Å²) in [5, 5.41) is 3.71. The van der Waals surface area contributed by atoms with Crippen LogP contribution in [0.5, 0.6) is 0 Å². The quantitative estimate of drug-likeness (QED) is 0.385. The normalized spacial score (nSPS) is 12.0. The van der Waals surface area contributed by atoms with Crippen molar-refractivity contribution in [2.75, 3.05) is 10.6 Å². The summed E-state index contributed by atoms with van der Waals surface area (Å²) in [5.74, 6) is -0.598. The van der Waals surface area contributed by atoms with Crippen molar-refractivity contribution < 1.29 is 26.4 Å². The molecule has 178 valence electrons. The lowest BCUT2D eigenvalue weighted by atomic mass is 10.1. The molecule has 0 aliphatic rings. The van der Waals surface area contributed by atoms with Crippen LogP contribution in [0.4, 0.5) is 18.9 Å². The Morgan fingerprint density at radius 1 is 1.03 bits per heavy atom. The summed E-state index contributed by atoms with van der Waals surface area (Å²) in [5.41, 5.74) is 3.98. The first-order chi connectivity index (χ1) is 15.9. The van der Waals surface area contributed by atoms with Gasteiger partial charge in [0.25, 0.3) is 5.91 Å². The summed E-state index contributed by atoms with van der Waals surface area (Å²) < 4.78 is 64.4. The highest BCUT2D eigenvalue weighted by Gasteiger charge is 2.30. The molecule has 1 N–H and O–H groups in total. The van der Waals surface area contributed by atoms with E-state index in [2.05, 4.69) is 10.5 Å². The number of carbonyl (C=O) groups excluding carboxylic acids is 1. The maximum Gasteiger partial charge on any atom is 0.416 e. The third-order valence-electron chi connectivity index (χ3n) is 4.99. The van der Waals surface area contributed by atoms with Crippen LogP contribution in [0.3, 0.4) is 0 Å². The second-order valence-corrected chi connectivity index (χ2v) is 9.47. The molecular formula is C24H22F3N3O3S. The van der Waals surface area contributed by atoms with Crippen LogP contribution in [0.1, 0.15) is 32.6 Å². The molecule has 3 aromatic carbocycles. The van der Waals surface area contributed by atoms with E-state index in [0.29, 0.717) is 5.69 Å². The number of sulfonamides is 1. The molecule has 0 atom stereocenters. The average Bonchev–Trinajstić information content (AvgIpc) is 2.77. The van der Waals surface area contributed by atoms with Gasteiger partial charge >= 0.3 is 6.18 Å². The molecule has 0 unspecified atom stereocenters. The van der Waals surface area contributed by atoms with Crippen LogP contribution in [0.15, 0.2) is 77.9 Å². The zero-order valence-electron chi connectivity index (χ0n) is 18.4. The number of carbonyl (C=O) groups is 1. The third-order valence-corrected chi connectivity index (χ3v) is 6.13. The molecule has 0 aliphatic carbocycles. The fourth-order valence-corrected chi connectivity index (χ4v) is 4.02. The Kier molecular flexibility index (Phi) is 7.41. The number of nitrogens with zero attached hydrogens (tertiary/aromatic N) is 2. The maximum absolute atomic E-state index is 12.8. The van der Waals surface area contributed by atoms with E-state index in [-0.39, 0.29) is 17.7 Å². The van der Waals surface area contributed by atoms with Crippen molar-refractivity contribution in [2.45, 2.75) is 19.6 Å². The Morgan fingerprint density at radius 3 is 2.32 bits per heavy atom. The Bertz CT molecular complexity index is 1300. The standard InChI is InChI=1S/C24H22F3N3O3S/c1-17-6-3-4-8-20(17)16-30(34(2,32)33)22-12-10-19(11-13-22)23(31)29-28-15-18-7-5-9-21(14-18)24(25,26)27/h3-15H,16H2,1-2H3,(H,29,31)/b28-15-. The summed E-state index contributed by atoms with van der Waals surface area (Å²) in [6, 6.07) is 17.9. The van der Waals surface area contributed by atoms with Gasteiger partial charge in [0.1, 0.15) is 0 Å². The van der Waals surface area contributed by atoms with E-state index in [0.717, 1.165) is 35.7 Å². The van der Waals surface area contributed by atoms with E-state index in [9.17, 15) is 26.4 Å². The van der Waals surface area contributed by atoms with Gasteiger partial charge in [0.05, 0.1) is 30.3 Å². The molecule has 0 heterocycles. The molecule has 0 fully saturated rings. The Balaban J connectivity index is 1.72. The second kappa shape index (κ2) is 10.1. The number of benzene rings is 3. The van der Waals surface area contributed by atoms with E-state index in [4.69, 9.17) is 0 Å². The van der Waals surface area contributed by atoms with Crippen LogP contribution >= 0.6 is 0 Å². The zero-order chi connectivity index (χ0) is 24.9. The van der Waals surface area contributed by atoms with Crippen molar-refractivity contribution in [1.82, 2.24) is 5.43 Å². The van der Waals surface area contributed by atoms with Crippen molar-refractivity contribution in [3.63, 3.8) is 0 Å². The predicted octanol–water partition coefficient (Wildman–Crippen LogP) is 4.74. The molecule has 10 heteroatoms. The number of rotatable bonds is 7. The molecule has 1 amide bonds. The van der Waals surface area contributed by atoms with Crippen LogP contribution in [0, 0.1) is 6.92 Å². The fraction of sp³-hybridized carbons (Fsp3) is 0.167. The number of hydrogen-bond acceptors (Lipinski definition) is 4. The number of aryl methyl sites for hydroxylation is 1. The summed E-state index contributed by atoms with van der Waals surface area (Å²) in [6.45, 7) is 2.03. The number of alkyl halides is 3. The molecule has 0 saturated heterocycles. The fourth-order valence-electron chi connectivity index (χ4n) is 3.15. The van der Waals surface area contributed by atoms with E-state index in [1.807, 2.05) is 31.2 Å². The molecule has 3 aromatic rings. The molecule has 0 aromatic heterocycles. The van der Waals surface area contributed by atoms with Crippen molar-refractivity contribution in [3.05, 3.63) is 101 Å². The van der Waals surface area contributed by atoms with Gasteiger partial charge in [0, 0.05) is 5.56 Å². The maximum atomic E-state index is 12.8. The summed E-state index contributed by atoms with van der Waals surface area (Å²) in [6.07, 6.45) is -2.27. The summed E-state index contributed by atoms with van der Waals surface area (Å²) in [4.78, 5) is 12.3. The van der Waals surface area contributed by atoms with E-state index < -0.39 is 27.7 Å². The molecule has 6 nitrogen and oxygen atoms in total. The van der Waals surface area contributed by atoms with Crippen LogP contribution in [-0.4, -0.2) is 26.8 Å². The van der Waals surface area contributed by atoms with Crippen molar-refractivity contribution >= 4 is 27.8 Å². The minimum absolute atomic E-state index is 0.137. The minimum Gasteiger partial charge on any atom is -0.267 e. The lowest BCUT2D eigenvalue weighted by Crippen LogP contribution is -2.29. The van der Waals surface area contributed by atoms with Gasteiger partial charge in [-0.1, -0.05) is 36.4 Å². The van der Waals surface area contributed by atoms with Crippen LogP contribution in [-0.2, 0) is 22.7 Å². The summed E-state index contributed by atoms with van der Waals surface area (Å²) >= 11 is 0. The van der Waals surface area contributed by atoms with Crippen LogP contribution in [0.25, 0.3) is 0 Å². The van der Waals surface area contributed by atoms with Gasteiger partial charge in [-0.25, -0.2) is 13.8 Å². The molecule has 0 spiro atoms. The van der Waals surface area contributed by atoms with Gasteiger partial charge in [-0.05, 0) is 60.0 Å². The second-order valence-electron chi connectivity index (χ2n) is 7.57. The highest BCUT2D eigenvalue weighted by atomic mass is 32.2. The number of halogens is 3. The van der Waals surface area contributed by atoms with Gasteiger partial charge in [0.15, 0.2) is 0 Å². The Morgan fingerprint density at radius 2 is 1.71 bits per heavy atom. The van der Waals surface area contributed by atoms with Crippen molar-refractivity contribution in [2.24, 2.45) is 5.10 Å². The first-order valence-electron chi connectivity index (χ1n) is 10.1. The smallest absolute Gasteiger partial charge is 0.267 e. The third kappa shape index (κ3) is 6.44. The largest absolute Gasteiger partial charge is 0.416 e. The SMILES string of the molecule is Cc1ccccc1CN(c1ccc(C(=O)N/N=C\c2cccc(C(F)(F)F)c2)cc1)S(C)(=O)=O. The van der Waals surface area contributed by atoms with Gasteiger partial charge in [0.2, 0.25) is 10.0 Å². The molecule has 34 heavy (non-hydrogen) atoms. The van der Waals surface area contributed by atoms with Crippen LogP contribution < -0.4 is 9.73 Å². The molecule has 0 aliphatic heterocycles. The van der Waals surface area contributed by atoms with E-state index in [1.165, 1.54) is 40.7 Å². The predicted molar refractivity (Wildman–Crippen MR) is 125 cm³/mol. The minimum atomic E-state index is -4.48. The lowest BCUT2D eigenvalue weighted by Gasteiger charge is -2.23. The highest BCUT2D eigenvalue weighted by molar-refractivity contribution is 7.92. The average molecular weight is 490 g/mol. The van der Waals surface area contributed by atoms with Gasteiger partial charge in [-0.3, -0.25) is 9.10 Å². The highest BCUT2D eigenvalue weighted by Crippen LogP contribution is 2.29. The monoisotopic (exact) mass is 489 g/mol. The molecule has 0 radical (unpaired) electrons. The van der Waals surface area contributed by atoms with E-state index >= 15 is 0 Å². The zero-order valence-corrected chi connectivity index (χ0v) is 19.2. The molecule has 0 saturated carbocycles. The number of hydrazone groups is 1. The van der Waals surface area contributed by atoms with Crippen LogP contribution in [0.2, 0.25) is 0 Å². The van der Waals surface area contributed by atoms with E-state index in [1.54, 1.807) is 0 Å².